The van der Waals surface area contributed by atoms with Crippen LogP contribution in [0.5, 0.6) is 0 Å². The Bertz CT molecular complexity index is 614. The minimum absolute atomic E-state index is 0.00946. The second kappa shape index (κ2) is 5.61. The maximum absolute atomic E-state index is 12.6. The van der Waals surface area contributed by atoms with E-state index in [1.165, 1.54) is 25.7 Å². The van der Waals surface area contributed by atoms with Crippen LogP contribution >= 0.6 is 0 Å². The third-order valence-corrected chi connectivity index (χ3v) is 6.84. The number of nitrogens with one attached hydrogen (secondary N) is 2. The number of anilines is 1. The van der Waals surface area contributed by atoms with Crippen LogP contribution in [0.2, 0.25) is 0 Å². The van der Waals surface area contributed by atoms with Gasteiger partial charge in [-0.25, -0.2) is 13.1 Å². The van der Waals surface area contributed by atoms with E-state index in [0.717, 1.165) is 5.92 Å². The lowest BCUT2D eigenvalue weighted by molar-refractivity contribution is 0.280. The first-order valence-electron chi connectivity index (χ1n) is 7.80. The van der Waals surface area contributed by atoms with Crippen LogP contribution in [0.4, 0.5) is 5.69 Å². The summed E-state index contributed by atoms with van der Waals surface area (Å²) in [5.74, 6) is 2.05. The quantitative estimate of drug-likeness (QED) is 0.879. The molecule has 1 aromatic carbocycles. The van der Waals surface area contributed by atoms with Gasteiger partial charge in [-0.05, 0) is 56.1 Å². The molecular weight excluding hydrogens is 284 g/mol. The third-order valence-electron chi connectivity index (χ3n) is 5.22. The Balaban J connectivity index is 1.77. The smallest absolute Gasteiger partial charge is 0.242 e. The van der Waals surface area contributed by atoms with E-state index in [-0.39, 0.29) is 6.04 Å². The molecule has 2 saturated carbocycles. The van der Waals surface area contributed by atoms with Crippen molar-refractivity contribution in [2.45, 2.75) is 43.5 Å². The first kappa shape index (κ1) is 14.9. The molecule has 0 amide bonds. The molecule has 2 aliphatic rings. The standard InChI is InChI=1S/C16H24N2O2S/c1-11(14-10-12-7-8-13(14)9-12)18-21(19,20)16-6-4-3-5-15(16)17-2/h3-6,11-14,17-18H,7-10H2,1-2H3. The number of rotatable bonds is 5. The number of fused-ring (bicyclic) bond motifs is 2. The van der Waals surface area contributed by atoms with Gasteiger partial charge in [0.25, 0.3) is 0 Å². The molecule has 4 atom stereocenters. The van der Waals surface area contributed by atoms with E-state index in [1.54, 1.807) is 25.2 Å². The Hall–Kier alpha value is -1.07. The lowest BCUT2D eigenvalue weighted by Gasteiger charge is -2.28. The van der Waals surface area contributed by atoms with Crippen molar-refractivity contribution in [3.8, 4) is 0 Å². The first-order valence-corrected chi connectivity index (χ1v) is 9.28. The zero-order valence-corrected chi connectivity index (χ0v) is 13.5. The van der Waals surface area contributed by atoms with E-state index in [9.17, 15) is 8.42 Å². The Morgan fingerprint density at radius 3 is 2.57 bits per heavy atom. The molecule has 2 fully saturated rings. The summed E-state index contributed by atoms with van der Waals surface area (Å²) in [7, 11) is -1.73. The minimum atomic E-state index is -3.47. The van der Waals surface area contributed by atoms with Gasteiger partial charge in [-0.3, -0.25) is 0 Å². The van der Waals surface area contributed by atoms with Crippen molar-refractivity contribution in [1.29, 1.82) is 0 Å². The van der Waals surface area contributed by atoms with E-state index < -0.39 is 10.0 Å². The molecule has 0 radical (unpaired) electrons. The highest BCUT2D eigenvalue weighted by atomic mass is 32.2. The maximum atomic E-state index is 12.6. The maximum Gasteiger partial charge on any atom is 0.242 e. The summed E-state index contributed by atoms with van der Waals surface area (Å²) in [4.78, 5) is 0.336. The van der Waals surface area contributed by atoms with Crippen LogP contribution in [0.15, 0.2) is 29.2 Å². The molecule has 2 bridgehead atoms. The average Bonchev–Trinajstić information content (AvgIpc) is 3.09. The Morgan fingerprint density at radius 2 is 1.95 bits per heavy atom. The van der Waals surface area contributed by atoms with Crippen molar-refractivity contribution in [3.05, 3.63) is 24.3 Å². The van der Waals surface area contributed by atoms with E-state index >= 15 is 0 Å². The topological polar surface area (TPSA) is 58.2 Å². The predicted molar refractivity (Wildman–Crippen MR) is 84.7 cm³/mol. The van der Waals surface area contributed by atoms with Gasteiger partial charge in [0.15, 0.2) is 0 Å². The molecule has 0 heterocycles. The Labute approximate surface area is 127 Å². The summed E-state index contributed by atoms with van der Waals surface area (Å²) in [6.07, 6.45) is 5.09. The van der Waals surface area contributed by atoms with Gasteiger partial charge in [0, 0.05) is 13.1 Å². The van der Waals surface area contributed by atoms with Gasteiger partial charge in [0.05, 0.1) is 5.69 Å². The third kappa shape index (κ3) is 2.81. The van der Waals surface area contributed by atoms with Crippen molar-refractivity contribution < 1.29 is 8.42 Å². The Kier molecular flexibility index (Phi) is 3.97. The lowest BCUT2D eigenvalue weighted by atomic mass is 9.84. The second-order valence-corrected chi connectivity index (χ2v) is 8.18. The summed E-state index contributed by atoms with van der Waals surface area (Å²) in [5.41, 5.74) is 0.644. The van der Waals surface area contributed by atoms with Crippen LogP contribution in [0.25, 0.3) is 0 Å². The molecule has 4 unspecified atom stereocenters. The average molecular weight is 308 g/mol. The van der Waals surface area contributed by atoms with Gasteiger partial charge in [-0.1, -0.05) is 18.6 Å². The molecule has 0 aliphatic heterocycles. The van der Waals surface area contributed by atoms with Crippen LogP contribution in [0.1, 0.15) is 32.6 Å². The molecule has 2 N–H and O–H groups in total. The van der Waals surface area contributed by atoms with Crippen molar-refractivity contribution in [3.63, 3.8) is 0 Å². The number of para-hydroxylation sites is 1. The molecule has 116 valence electrons. The zero-order chi connectivity index (χ0) is 15.0. The normalized spacial score (nSPS) is 29.5. The van der Waals surface area contributed by atoms with Gasteiger partial charge in [-0.2, -0.15) is 0 Å². The van der Waals surface area contributed by atoms with Crippen LogP contribution in [-0.2, 0) is 10.0 Å². The fraction of sp³-hybridized carbons (Fsp3) is 0.625. The van der Waals surface area contributed by atoms with Gasteiger partial charge in [0.1, 0.15) is 4.90 Å². The number of benzene rings is 1. The minimum Gasteiger partial charge on any atom is -0.387 e. The molecule has 5 heteroatoms. The monoisotopic (exact) mass is 308 g/mol. The molecule has 0 saturated heterocycles. The molecule has 2 aliphatic carbocycles. The number of sulfonamides is 1. The van der Waals surface area contributed by atoms with Crippen molar-refractivity contribution in [1.82, 2.24) is 4.72 Å². The van der Waals surface area contributed by atoms with Crippen LogP contribution < -0.4 is 10.0 Å². The number of hydrogen-bond acceptors (Lipinski definition) is 3. The summed E-state index contributed by atoms with van der Waals surface area (Å²) in [6.45, 7) is 2.02. The van der Waals surface area contributed by atoms with E-state index in [2.05, 4.69) is 10.0 Å². The highest BCUT2D eigenvalue weighted by Gasteiger charge is 2.42. The molecule has 4 nitrogen and oxygen atoms in total. The fourth-order valence-corrected chi connectivity index (χ4v) is 5.72. The van der Waals surface area contributed by atoms with Crippen LogP contribution in [0.3, 0.4) is 0 Å². The molecule has 0 spiro atoms. The molecule has 3 rings (SSSR count). The molecule has 1 aromatic rings. The van der Waals surface area contributed by atoms with Gasteiger partial charge >= 0.3 is 0 Å². The second-order valence-electron chi connectivity index (χ2n) is 6.49. The number of hydrogen-bond donors (Lipinski definition) is 2. The summed E-state index contributed by atoms with van der Waals surface area (Å²) in [5, 5.41) is 2.95. The lowest BCUT2D eigenvalue weighted by Crippen LogP contribution is -2.40. The molecule has 21 heavy (non-hydrogen) atoms. The van der Waals surface area contributed by atoms with Crippen molar-refractivity contribution in [2.75, 3.05) is 12.4 Å². The van der Waals surface area contributed by atoms with Crippen LogP contribution in [-0.4, -0.2) is 21.5 Å². The SMILES string of the molecule is CNc1ccccc1S(=O)(=O)NC(C)C1CC2CCC1C2. The first-order chi connectivity index (χ1) is 10.0. The van der Waals surface area contributed by atoms with Gasteiger partial charge in [0.2, 0.25) is 10.0 Å². The van der Waals surface area contributed by atoms with Crippen LogP contribution in [0, 0.1) is 17.8 Å². The van der Waals surface area contributed by atoms with Gasteiger partial charge in [-0.15, -0.1) is 0 Å². The summed E-state index contributed by atoms with van der Waals surface area (Å²) < 4.78 is 28.2. The predicted octanol–water partition coefficient (Wildman–Crippen LogP) is 2.83. The summed E-state index contributed by atoms with van der Waals surface area (Å²) in [6, 6.07) is 7.05. The molecule has 0 aromatic heterocycles. The van der Waals surface area contributed by atoms with Gasteiger partial charge < -0.3 is 5.32 Å². The summed E-state index contributed by atoms with van der Waals surface area (Å²) >= 11 is 0. The highest BCUT2D eigenvalue weighted by Crippen LogP contribution is 2.49. The van der Waals surface area contributed by atoms with Crippen molar-refractivity contribution in [2.24, 2.45) is 17.8 Å². The fourth-order valence-electron chi connectivity index (χ4n) is 4.21. The Morgan fingerprint density at radius 1 is 1.19 bits per heavy atom. The largest absolute Gasteiger partial charge is 0.387 e. The molecular formula is C16H24N2O2S. The van der Waals surface area contributed by atoms with Crippen molar-refractivity contribution >= 4 is 15.7 Å². The van der Waals surface area contributed by atoms with E-state index in [0.29, 0.717) is 22.4 Å². The van der Waals surface area contributed by atoms with E-state index in [4.69, 9.17) is 0 Å². The highest BCUT2D eigenvalue weighted by molar-refractivity contribution is 7.89. The zero-order valence-electron chi connectivity index (χ0n) is 12.7. The van der Waals surface area contributed by atoms with E-state index in [1.807, 2.05) is 13.0 Å².